The van der Waals surface area contributed by atoms with E-state index >= 15 is 0 Å². The Hall–Kier alpha value is -1.75. The lowest BCUT2D eigenvalue weighted by molar-refractivity contribution is -0.148. The Morgan fingerprint density at radius 3 is 2.62 bits per heavy atom. The summed E-state index contributed by atoms with van der Waals surface area (Å²) in [5.41, 5.74) is 0.480. The Balaban J connectivity index is 2.90. The first kappa shape index (κ1) is 12.3. The molecule has 2 N–H and O–H groups in total. The minimum Gasteiger partial charge on any atom is -0.508 e. The van der Waals surface area contributed by atoms with E-state index in [1.165, 1.54) is 20.3 Å². The Morgan fingerprint density at radius 1 is 1.44 bits per heavy atom. The molecule has 0 aliphatic carbocycles. The van der Waals surface area contributed by atoms with Crippen molar-refractivity contribution in [2.75, 3.05) is 14.2 Å². The third kappa shape index (κ3) is 2.87. The number of benzene rings is 1. The zero-order valence-corrected chi connectivity index (χ0v) is 9.14. The fourth-order valence-corrected chi connectivity index (χ4v) is 1.32. The van der Waals surface area contributed by atoms with Gasteiger partial charge in [0.1, 0.15) is 11.5 Å². The molecule has 0 saturated heterocycles. The number of carbonyl (C=O) groups is 1. The van der Waals surface area contributed by atoms with E-state index in [0.717, 1.165) is 0 Å². The largest absolute Gasteiger partial charge is 0.508 e. The first-order chi connectivity index (χ1) is 7.58. The molecule has 0 spiro atoms. The lowest BCUT2D eigenvalue weighted by Crippen LogP contribution is -2.24. The summed E-state index contributed by atoms with van der Waals surface area (Å²) in [4.78, 5) is 10.8. The van der Waals surface area contributed by atoms with Gasteiger partial charge in [-0.05, 0) is 18.2 Å². The molecule has 1 atom stereocenters. The number of carboxylic acid groups (broad SMARTS) is 1. The molecule has 0 saturated carbocycles. The lowest BCUT2D eigenvalue weighted by Gasteiger charge is -2.12. The van der Waals surface area contributed by atoms with Crippen LogP contribution in [0.1, 0.15) is 5.56 Å². The van der Waals surface area contributed by atoms with Gasteiger partial charge in [0.15, 0.2) is 6.10 Å². The Labute approximate surface area is 93.2 Å². The minimum atomic E-state index is -1.07. The fraction of sp³-hybridized carbons (Fsp3) is 0.364. The highest BCUT2D eigenvalue weighted by molar-refractivity contribution is 5.73. The summed E-state index contributed by atoms with van der Waals surface area (Å²) in [6.45, 7) is 0. The highest BCUT2D eigenvalue weighted by Gasteiger charge is 2.18. The van der Waals surface area contributed by atoms with Gasteiger partial charge in [-0.3, -0.25) is 0 Å². The summed E-state index contributed by atoms with van der Waals surface area (Å²) >= 11 is 0. The monoisotopic (exact) mass is 226 g/mol. The molecule has 5 heteroatoms. The maximum absolute atomic E-state index is 10.8. The average Bonchev–Trinajstić information content (AvgIpc) is 2.27. The molecule has 0 aliphatic heterocycles. The van der Waals surface area contributed by atoms with Crippen molar-refractivity contribution in [3.8, 4) is 11.5 Å². The van der Waals surface area contributed by atoms with Gasteiger partial charge in [-0.2, -0.15) is 0 Å². The zero-order chi connectivity index (χ0) is 12.1. The van der Waals surface area contributed by atoms with Crippen LogP contribution in [-0.2, 0) is 16.0 Å². The standard InChI is InChI=1S/C11H14O5/c1-15-8-3-4-9(12)7(5-8)6-10(16-2)11(13)14/h3-5,10,12H,6H2,1-2H3,(H,13,14). The van der Waals surface area contributed by atoms with Crippen LogP contribution in [0.25, 0.3) is 0 Å². The third-order valence-electron chi connectivity index (χ3n) is 2.25. The fourth-order valence-electron chi connectivity index (χ4n) is 1.32. The topological polar surface area (TPSA) is 76.0 Å². The molecule has 1 aromatic rings. The van der Waals surface area contributed by atoms with Gasteiger partial charge < -0.3 is 19.7 Å². The van der Waals surface area contributed by atoms with Crippen LogP contribution >= 0.6 is 0 Å². The number of rotatable bonds is 5. The van der Waals surface area contributed by atoms with E-state index in [2.05, 4.69) is 0 Å². The molecule has 5 nitrogen and oxygen atoms in total. The van der Waals surface area contributed by atoms with Gasteiger partial charge in [0.25, 0.3) is 0 Å². The van der Waals surface area contributed by atoms with Crippen LogP contribution in [0, 0.1) is 0 Å². The molecule has 88 valence electrons. The molecule has 0 aliphatic rings. The molecule has 1 aromatic carbocycles. The number of hydrogen-bond acceptors (Lipinski definition) is 4. The summed E-state index contributed by atoms with van der Waals surface area (Å²) in [6.07, 6.45) is -0.882. The van der Waals surface area contributed by atoms with Crippen molar-refractivity contribution in [2.45, 2.75) is 12.5 Å². The highest BCUT2D eigenvalue weighted by atomic mass is 16.5. The van der Waals surface area contributed by atoms with Gasteiger partial charge in [-0.1, -0.05) is 0 Å². The smallest absolute Gasteiger partial charge is 0.333 e. The van der Waals surface area contributed by atoms with Crippen LogP contribution < -0.4 is 4.74 Å². The van der Waals surface area contributed by atoms with E-state index in [0.29, 0.717) is 11.3 Å². The molecule has 0 bridgehead atoms. The number of phenolic OH excluding ortho intramolecular Hbond substituents is 1. The number of methoxy groups -OCH3 is 2. The number of phenols is 1. The third-order valence-corrected chi connectivity index (χ3v) is 2.25. The van der Waals surface area contributed by atoms with E-state index in [1.807, 2.05) is 0 Å². The van der Waals surface area contributed by atoms with E-state index in [1.54, 1.807) is 12.1 Å². The maximum atomic E-state index is 10.8. The van der Waals surface area contributed by atoms with Crippen LogP contribution in [-0.4, -0.2) is 36.5 Å². The van der Waals surface area contributed by atoms with Crippen molar-refractivity contribution >= 4 is 5.97 Å². The molecular formula is C11H14O5. The molecule has 0 radical (unpaired) electrons. The quantitative estimate of drug-likeness (QED) is 0.784. The van der Waals surface area contributed by atoms with Crippen molar-refractivity contribution in [2.24, 2.45) is 0 Å². The van der Waals surface area contributed by atoms with E-state index in [-0.39, 0.29) is 12.2 Å². The van der Waals surface area contributed by atoms with Crippen LogP contribution in [0.15, 0.2) is 18.2 Å². The van der Waals surface area contributed by atoms with Gasteiger partial charge in [-0.15, -0.1) is 0 Å². The summed E-state index contributed by atoms with van der Waals surface area (Å²) in [6, 6.07) is 4.65. The van der Waals surface area contributed by atoms with Crippen LogP contribution in [0.2, 0.25) is 0 Å². The van der Waals surface area contributed by atoms with Crippen molar-refractivity contribution in [3.63, 3.8) is 0 Å². The number of aromatic hydroxyl groups is 1. The number of ether oxygens (including phenoxy) is 2. The van der Waals surface area contributed by atoms with Gasteiger partial charge >= 0.3 is 5.97 Å². The molecular weight excluding hydrogens is 212 g/mol. The first-order valence-corrected chi connectivity index (χ1v) is 4.70. The van der Waals surface area contributed by atoms with Crippen LogP contribution in [0.4, 0.5) is 0 Å². The molecule has 1 rings (SSSR count). The minimum absolute atomic E-state index is 0.0316. The zero-order valence-electron chi connectivity index (χ0n) is 9.14. The number of carboxylic acids is 1. The normalized spacial score (nSPS) is 12.1. The molecule has 0 fully saturated rings. The predicted octanol–water partition coefficient (Wildman–Crippen LogP) is 1.04. The van der Waals surface area contributed by atoms with Crippen LogP contribution in [0.3, 0.4) is 0 Å². The summed E-state index contributed by atoms with van der Waals surface area (Å²) < 4.78 is 9.78. The Kier molecular flexibility index (Phi) is 4.13. The van der Waals surface area contributed by atoms with Crippen molar-refractivity contribution in [3.05, 3.63) is 23.8 Å². The second-order valence-corrected chi connectivity index (χ2v) is 3.26. The molecule has 1 unspecified atom stereocenters. The predicted molar refractivity (Wildman–Crippen MR) is 56.8 cm³/mol. The second-order valence-electron chi connectivity index (χ2n) is 3.26. The molecule has 0 amide bonds. The van der Waals surface area contributed by atoms with Gasteiger partial charge in [-0.25, -0.2) is 4.79 Å². The van der Waals surface area contributed by atoms with E-state index in [4.69, 9.17) is 14.6 Å². The average molecular weight is 226 g/mol. The lowest BCUT2D eigenvalue weighted by atomic mass is 10.1. The summed E-state index contributed by atoms with van der Waals surface area (Å²) in [7, 11) is 2.82. The highest BCUT2D eigenvalue weighted by Crippen LogP contribution is 2.24. The maximum Gasteiger partial charge on any atom is 0.333 e. The summed E-state index contributed by atoms with van der Waals surface area (Å²) in [5, 5.41) is 18.4. The summed E-state index contributed by atoms with van der Waals surface area (Å²) in [5.74, 6) is -0.470. The van der Waals surface area contributed by atoms with Crippen molar-refractivity contribution in [1.82, 2.24) is 0 Å². The van der Waals surface area contributed by atoms with E-state index in [9.17, 15) is 9.90 Å². The van der Waals surface area contributed by atoms with E-state index < -0.39 is 12.1 Å². The van der Waals surface area contributed by atoms with Crippen LogP contribution in [0.5, 0.6) is 11.5 Å². The SMILES string of the molecule is COc1ccc(O)c(CC(OC)C(=O)O)c1. The number of aliphatic carboxylic acids is 1. The van der Waals surface area contributed by atoms with Gasteiger partial charge in [0.05, 0.1) is 7.11 Å². The first-order valence-electron chi connectivity index (χ1n) is 4.70. The van der Waals surface area contributed by atoms with Crippen molar-refractivity contribution < 1.29 is 24.5 Å². The Bertz CT molecular complexity index is 375. The molecule has 16 heavy (non-hydrogen) atoms. The number of hydrogen-bond donors (Lipinski definition) is 2. The van der Waals surface area contributed by atoms with Gasteiger partial charge in [0, 0.05) is 19.1 Å². The second kappa shape index (κ2) is 5.37. The molecule has 0 aromatic heterocycles. The Morgan fingerprint density at radius 2 is 2.12 bits per heavy atom. The van der Waals surface area contributed by atoms with Crippen molar-refractivity contribution in [1.29, 1.82) is 0 Å². The molecule has 0 heterocycles. The van der Waals surface area contributed by atoms with Gasteiger partial charge in [0.2, 0.25) is 0 Å².